The number of nitrogens with one attached hydrogen (secondary N) is 1. The molecule has 0 saturated carbocycles. The number of fused-ring (bicyclic) bond motifs is 3. The molecule has 0 atom stereocenters. The van der Waals surface area contributed by atoms with Gasteiger partial charge in [0.05, 0.1) is 29.9 Å². The number of carbonyl (C=O) groups is 2. The SMILES string of the molecule is CN(CC(=O)Nc1ccccc1Cl)C(=O)Cc1coc2ccc3ccccc3c12. The minimum Gasteiger partial charge on any atom is -0.464 e. The number of furan rings is 1. The van der Waals surface area contributed by atoms with Crippen molar-refractivity contribution >= 4 is 50.8 Å². The topological polar surface area (TPSA) is 62.6 Å². The monoisotopic (exact) mass is 406 g/mol. The first-order valence-corrected chi connectivity index (χ1v) is 9.57. The van der Waals surface area contributed by atoms with Gasteiger partial charge in [-0.3, -0.25) is 9.59 Å². The average Bonchev–Trinajstić information content (AvgIpc) is 3.13. The third kappa shape index (κ3) is 3.96. The first-order valence-electron chi connectivity index (χ1n) is 9.19. The van der Waals surface area contributed by atoms with Gasteiger partial charge in [-0.15, -0.1) is 0 Å². The van der Waals surface area contributed by atoms with Crippen molar-refractivity contribution in [2.24, 2.45) is 0 Å². The quantitative estimate of drug-likeness (QED) is 0.513. The van der Waals surface area contributed by atoms with Gasteiger partial charge in [-0.2, -0.15) is 0 Å². The summed E-state index contributed by atoms with van der Waals surface area (Å²) in [7, 11) is 1.61. The van der Waals surface area contributed by atoms with E-state index in [0.29, 0.717) is 10.7 Å². The van der Waals surface area contributed by atoms with Crippen molar-refractivity contribution in [2.45, 2.75) is 6.42 Å². The van der Waals surface area contributed by atoms with Gasteiger partial charge in [-0.05, 0) is 29.0 Å². The summed E-state index contributed by atoms with van der Waals surface area (Å²) in [5, 5.41) is 6.24. The van der Waals surface area contributed by atoms with Gasteiger partial charge in [0.2, 0.25) is 11.8 Å². The molecule has 0 fully saturated rings. The maximum absolute atomic E-state index is 12.7. The van der Waals surface area contributed by atoms with Gasteiger partial charge >= 0.3 is 0 Å². The minimum absolute atomic E-state index is 0.0689. The molecule has 0 radical (unpaired) electrons. The molecule has 4 rings (SSSR count). The van der Waals surface area contributed by atoms with E-state index in [1.165, 1.54) is 4.90 Å². The third-order valence-electron chi connectivity index (χ3n) is 4.84. The highest BCUT2D eigenvalue weighted by atomic mass is 35.5. The average molecular weight is 407 g/mol. The zero-order chi connectivity index (χ0) is 20.4. The van der Waals surface area contributed by atoms with E-state index in [2.05, 4.69) is 5.32 Å². The second kappa shape index (κ2) is 7.97. The number of nitrogens with zero attached hydrogens (tertiary/aromatic N) is 1. The zero-order valence-electron chi connectivity index (χ0n) is 15.8. The zero-order valence-corrected chi connectivity index (χ0v) is 16.6. The van der Waals surface area contributed by atoms with Crippen molar-refractivity contribution in [1.82, 2.24) is 4.90 Å². The summed E-state index contributed by atoms with van der Waals surface area (Å²) in [5.41, 5.74) is 2.07. The Bertz CT molecular complexity index is 1220. The van der Waals surface area contributed by atoms with Crippen molar-refractivity contribution in [2.75, 3.05) is 18.9 Å². The molecule has 2 amide bonds. The van der Waals surface area contributed by atoms with Crippen LogP contribution in [0.15, 0.2) is 71.3 Å². The maximum atomic E-state index is 12.7. The molecular formula is C23H19ClN2O3. The molecule has 146 valence electrons. The standard InChI is InChI=1S/C23H19ClN2O3/c1-26(13-21(27)25-19-9-5-4-8-18(19)24)22(28)12-16-14-29-20-11-10-15-6-2-3-7-17(15)23(16)20/h2-11,14H,12-13H2,1H3,(H,25,27). The Labute approximate surface area is 172 Å². The van der Waals surface area contributed by atoms with E-state index in [4.69, 9.17) is 16.0 Å². The van der Waals surface area contributed by atoms with Gasteiger partial charge in [0.25, 0.3) is 0 Å². The first-order chi connectivity index (χ1) is 14.0. The van der Waals surface area contributed by atoms with Crippen LogP contribution in [0.25, 0.3) is 21.7 Å². The molecule has 0 aliphatic heterocycles. The molecule has 1 N–H and O–H groups in total. The van der Waals surface area contributed by atoms with Crippen LogP contribution in [0.2, 0.25) is 5.02 Å². The summed E-state index contributed by atoms with van der Waals surface area (Å²) in [6, 6.07) is 18.9. The van der Waals surface area contributed by atoms with Crippen molar-refractivity contribution in [3.8, 4) is 0 Å². The number of anilines is 1. The highest BCUT2D eigenvalue weighted by molar-refractivity contribution is 6.33. The van der Waals surface area contributed by atoms with Crippen molar-refractivity contribution < 1.29 is 14.0 Å². The molecule has 5 nitrogen and oxygen atoms in total. The number of hydrogen-bond donors (Lipinski definition) is 1. The molecule has 6 heteroatoms. The molecule has 3 aromatic carbocycles. The highest BCUT2D eigenvalue weighted by Crippen LogP contribution is 2.30. The largest absolute Gasteiger partial charge is 0.464 e. The number of halogens is 1. The number of carbonyl (C=O) groups excluding carboxylic acids is 2. The fourth-order valence-electron chi connectivity index (χ4n) is 3.36. The molecule has 0 bridgehead atoms. The Morgan fingerprint density at radius 3 is 2.62 bits per heavy atom. The van der Waals surface area contributed by atoms with Gasteiger partial charge in [0, 0.05) is 18.0 Å². The maximum Gasteiger partial charge on any atom is 0.244 e. The normalized spacial score (nSPS) is 11.0. The number of rotatable bonds is 5. The predicted molar refractivity (Wildman–Crippen MR) is 115 cm³/mol. The van der Waals surface area contributed by atoms with Gasteiger partial charge in [-0.1, -0.05) is 54.1 Å². The lowest BCUT2D eigenvalue weighted by atomic mass is 10.0. The van der Waals surface area contributed by atoms with Crippen LogP contribution in [0.4, 0.5) is 5.69 Å². The fraction of sp³-hybridized carbons (Fsp3) is 0.130. The van der Waals surface area contributed by atoms with E-state index in [-0.39, 0.29) is 24.8 Å². The number of hydrogen-bond acceptors (Lipinski definition) is 3. The number of benzene rings is 3. The summed E-state index contributed by atoms with van der Waals surface area (Å²) < 4.78 is 5.65. The molecule has 0 unspecified atom stereocenters. The second-order valence-corrected chi connectivity index (χ2v) is 7.28. The predicted octanol–water partition coefficient (Wildman–Crippen LogP) is 4.88. The molecule has 1 heterocycles. The summed E-state index contributed by atoms with van der Waals surface area (Å²) in [4.78, 5) is 26.4. The van der Waals surface area contributed by atoms with Crippen molar-refractivity contribution in [1.29, 1.82) is 0 Å². The molecule has 0 saturated heterocycles. The van der Waals surface area contributed by atoms with Crippen LogP contribution < -0.4 is 5.32 Å². The lowest BCUT2D eigenvalue weighted by molar-refractivity contribution is -0.132. The van der Waals surface area contributed by atoms with E-state index in [0.717, 1.165) is 27.3 Å². The molecule has 4 aromatic rings. The van der Waals surface area contributed by atoms with Crippen LogP contribution in [0.3, 0.4) is 0 Å². The molecular weight excluding hydrogens is 388 g/mol. The highest BCUT2D eigenvalue weighted by Gasteiger charge is 2.18. The number of likely N-dealkylation sites (N-methyl/N-ethyl adjacent to an activating group) is 1. The summed E-state index contributed by atoms with van der Waals surface area (Å²) >= 11 is 6.06. The Hall–Kier alpha value is -3.31. The summed E-state index contributed by atoms with van der Waals surface area (Å²) in [6.07, 6.45) is 1.77. The van der Waals surface area contributed by atoms with E-state index in [1.807, 2.05) is 36.4 Å². The number of amides is 2. The minimum atomic E-state index is -0.309. The van der Waals surface area contributed by atoms with Crippen LogP contribution >= 0.6 is 11.6 Å². The Balaban J connectivity index is 1.48. The number of para-hydroxylation sites is 1. The van der Waals surface area contributed by atoms with Crippen LogP contribution in [0, 0.1) is 0 Å². The Kier molecular flexibility index (Phi) is 5.23. The third-order valence-corrected chi connectivity index (χ3v) is 5.17. The summed E-state index contributed by atoms with van der Waals surface area (Å²) in [6.45, 7) is -0.0689. The Morgan fingerprint density at radius 2 is 1.79 bits per heavy atom. The Morgan fingerprint density at radius 1 is 1.03 bits per heavy atom. The van der Waals surface area contributed by atoms with Crippen LogP contribution in [-0.4, -0.2) is 30.3 Å². The van der Waals surface area contributed by atoms with Gasteiger partial charge in [0.1, 0.15) is 5.58 Å². The van der Waals surface area contributed by atoms with Crippen molar-refractivity contribution in [3.63, 3.8) is 0 Å². The van der Waals surface area contributed by atoms with Crippen LogP contribution in [0.1, 0.15) is 5.56 Å². The van der Waals surface area contributed by atoms with E-state index in [1.54, 1.807) is 37.6 Å². The van der Waals surface area contributed by atoms with Gasteiger partial charge in [0.15, 0.2) is 0 Å². The van der Waals surface area contributed by atoms with Crippen molar-refractivity contribution in [3.05, 3.63) is 77.5 Å². The molecule has 0 aliphatic carbocycles. The molecule has 29 heavy (non-hydrogen) atoms. The van der Waals surface area contributed by atoms with Gasteiger partial charge in [-0.25, -0.2) is 0 Å². The lowest BCUT2D eigenvalue weighted by Crippen LogP contribution is -2.35. The van der Waals surface area contributed by atoms with Crippen LogP contribution in [-0.2, 0) is 16.0 Å². The second-order valence-electron chi connectivity index (χ2n) is 6.88. The summed E-state index contributed by atoms with van der Waals surface area (Å²) in [5.74, 6) is -0.480. The molecule has 1 aromatic heterocycles. The lowest BCUT2D eigenvalue weighted by Gasteiger charge is -2.17. The smallest absolute Gasteiger partial charge is 0.244 e. The van der Waals surface area contributed by atoms with E-state index in [9.17, 15) is 9.59 Å². The van der Waals surface area contributed by atoms with E-state index < -0.39 is 0 Å². The molecule has 0 aliphatic rings. The fourth-order valence-corrected chi connectivity index (χ4v) is 3.54. The van der Waals surface area contributed by atoms with Crippen LogP contribution in [0.5, 0.6) is 0 Å². The molecule has 0 spiro atoms. The van der Waals surface area contributed by atoms with E-state index >= 15 is 0 Å². The van der Waals surface area contributed by atoms with Gasteiger partial charge < -0.3 is 14.6 Å². The first kappa shape index (κ1) is 19.0.